The van der Waals surface area contributed by atoms with Crippen molar-refractivity contribution in [2.75, 3.05) is 11.9 Å². The first kappa shape index (κ1) is 18.5. The summed E-state index contributed by atoms with van der Waals surface area (Å²) in [6, 6.07) is 7.53. The maximum atomic E-state index is 13.5. The second-order valence-electron chi connectivity index (χ2n) is 6.52. The number of aromatic nitrogens is 5. The third kappa shape index (κ3) is 3.91. The fourth-order valence-corrected chi connectivity index (χ4v) is 3.20. The van der Waals surface area contributed by atoms with Crippen molar-refractivity contribution in [1.29, 1.82) is 0 Å². The predicted octanol–water partition coefficient (Wildman–Crippen LogP) is 4.18. The van der Waals surface area contributed by atoms with E-state index in [-0.39, 0.29) is 5.83 Å². The van der Waals surface area contributed by atoms with E-state index in [0.717, 1.165) is 28.8 Å². The third-order valence-electron chi connectivity index (χ3n) is 4.45. The molecule has 8 heteroatoms. The van der Waals surface area contributed by atoms with Gasteiger partial charge in [0.25, 0.3) is 0 Å². The number of H-pyrrole nitrogens is 1. The average Bonchev–Trinajstić information content (AvgIpc) is 3.34. The molecular weight excluding hydrogens is 369 g/mol. The number of aliphatic imine (C=N–C) groups is 1. The lowest BCUT2D eigenvalue weighted by molar-refractivity contribution is 0.641. The molecule has 0 bridgehead atoms. The third-order valence-corrected chi connectivity index (χ3v) is 4.45. The van der Waals surface area contributed by atoms with E-state index >= 15 is 0 Å². The molecular formula is C21H20FN7. The summed E-state index contributed by atoms with van der Waals surface area (Å²) in [5.74, 6) is 0.416. The molecule has 0 amide bonds. The fourth-order valence-electron chi connectivity index (χ4n) is 3.20. The van der Waals surface area contributed by atoms with Gasteiger partial charge >= 0.3 is 0 Å². The molecule has 0 saturated heterocycles. The van der Waals surface area contributed by atoms with Crippen molar-refractivity contribution in [3.63, 3.8) is 0 Å². The number of hydrogen-bond acceptors (Lipinski definition) is 5. The molecule has 4 aromatic heterocycles. The molecule has 0 atom stereocenters. The largest absolute Gasteiger partial charge is 0.370 e. The molecule has 0 fully saturated rings. The summed E-state index contributed by atoms with van der Waals surface area (Å²) in [6.07, 6.45) is 9.08. The van der Waals surface area contributed by atoms with Crippen LogP contribution in [0.2, 0.25) is 0 Å². The van der Waals surface area contributed by atoms with Crippen LogP contribution in [-0.4, -0.2) is 37.8 Å². The van der Waals surface area contributed by atoms with Crippen LogP contribution in [0.4, 0.5) is 10.2 Å². The normalized spacial score (nSPS) is 12.6. The van der Waals surface area contributed by atoms with E-state index in [1.54, 1.807) is 23.0 Å². The van der Waals surface area contributed by atoms with Gasteiger partial charge in [0.2, 0.25) is 0 Å². The van der Waals surface area contributed by atoms with E-state index in [9.17, 15) is 4.39 Å². The maximum absolute atomic E-state index is 13.5. The average molecular weight is 389 g/mol. The monoisotopic (exact) mass is 389 g/mol. The Kier molecular flexibility index (Phi) is 5.15. The molecule has 4 aromatic rings. The summed E-state index contributed by atoms with van der Waals surface area (Å²) < 4.78 is 15.2. The van der Waals surface area contributed by atoms with E-state index in [4.69, 9.17) is 0 Å². The van der Waals surface area contributed by atoms with Crippen molar-refractivity contribution in [1.82, 2.24) is 24.6 Å². The zero-order valence-electron chi connectivity index (χ0n) is 15.9. The number of halogens is 1. The van der Waals surface area contributed by atoms with E-state index in [1.807, 2.05) is 24.4 Å². The van der Waals surface area contributed by atoms with E-state index in [1.165, 1.54) is 19.2 Å². The lowest BCUT2D eigenvalue weighted by atomic mass is 10.1. The van der Waals surface area contributed by atoms with Crippen molar-refractivity contribution in [2.45, 2.75) is 13.3 Å². The molecule has 0 radical (unpaired) electrons. The quantitative estimate of drug-likeness (QED) is 0.367. The summed E-state index contributed by atoms with van der Waals surface area (Å²) in [5, 5.41) is 7.72. The van der Waals surface area contributed by atoms with Gasteiger partial charge in [-0.25, -0.2) is 9.37 Å². The molecule has 0 spiro atoms. The molecule has 4 heterocycles. The van der Waals surface area contributed by atoms with Gasteiger partial charge in [0, 0.05) is 42.8 Å². The smallest absolute Gasteiger partial charge is 0.157 e. The van der Waals surface area contributed by atoms with Gasteiger partial charge in [0.15, 0.2) is 5.65 Å². The molecule has 0 aromatic carbocycles. The number of nitrogens with zero attached hydrogens (tertiary/aromatic N) is 5. The molecule has 0 aliphatic heterocycles. The Hall–Kier alpha value is -3.81. The van der Waals surface area contributed by atoms with Gasteiger partial charge in [-0.2, -0.15) is 9.61 Å². The summed E-state index contributed by atoms with van der Waals surface area (Å²) >= 11 is 0. The van der Waals surface area contributed by atoms with Crippen LogP contribution in [0.3, 0.4) is 0 Å². The van der Waals surface area contributed by atoms with Crippen LogP contribution in [0.15, 0.2) is 66.0 Å². The molecule has 0 saturated carbocycles. The van der Waals surface area contributed by atoms with Crippen LogP contribution in [0.25, 0.3) is 22.3 Å². The minimum Gasteiger partial charge on any atom is -0.370 e. The van der Waals surface area contributed by atoms with Crippen LogP contribution in [0.5, 0.6) is 0 Å². The van der Waals surface area contributed by atoms with Crippen molar-refractivity contribution in [3.8, 4) is 0 Å². The number of nitrogens with one attached hydrogen (secondary N) is 2. The highest BCUT2D eigenvalue weighted by Crippen LogP contribution is 2.22. The Balaban J connectivity index is 1.61. The van der Waals surface area contributed by atoms with E-state index in [0.29, 0.717) is 23.5 Å². The summed E-state index contributed by atoms with van der Waals surface area (Å²) in [5.41, 5.74) is 4.89. The Morgan fingerprint density at radius 2 is 2.28 bits per heavy atom. The molecule has 7 nitrogen and oxygen atoms in total. The van der Waals surface area contributed by atoms with Crippen molar-refractivity contribution >= 4 is 34.8 Å². The minimum absolute atomic E-state index is 0.337. The van der Waals surface area contributed by atoms with Gasteiger partial charge in [-0.1, -0.05) is 0 Å². The number of rotatable bonds is 7. The number of allylic oxidation sites excluding steroid dienone is 3. The number of hydrogen-bond donors (Lipinski definition) is 2. The second-order valence-corrected chi connectivity index (χ2v) is 6.52. The van der Waals surface area contributed by atoms with Gasteiger partial charge in [0.1, 0.15) is 5.82 Å². The first-order chi connectivity index (χ1) is 14.2. The first-order valence-electron chi connectivity index (χ1n) is 9.15. The second kappa shape index (κ2) is 8.05. The zero-order valence-corrected chi connectivity index (χ0v) is 15.9. The highest BCUT2D eigenvalue weighted by molar-refractivity contribution is 5.78. The van der Waals surface area contributed by atoms with Gasteiger partial charge in [0.05, 0.1) is 28.8 Å². The predicted molar refractivity (Wildman–Crippen MR) is 114 cm³/mol. The number of anilines is 1. The van der Waals surface area contributed by atoms with Gasteiger partial charge < -0.3 is 10.3 Å². The highest BCUT2D eigenvalue weighted by atomic mass is 19.1. The standard InChI is InChI=1S/C21H20FN7/c1-14(22)10-16(12-23-2)18-11-20(29-19(28-18)6-9-27-29)24-8-5-15-13-26-17-4-3-7-25-21(15)17/h3-4,6-7,9-13,24,26H,2,5,8H2,1H3/b14-10+,16-12+. The van der Waals surface area contributed by atoms with Crippen LogP contribution in [-0.2, 0) is 6.42 Å². The Morgan fingerprint density at radius 3 is 3.10 bits per heavy atom. The Morgan fingerprint density at radius 1 is 1.38 bits per heavy atom. The SMILES string of the molecule is C=N/C=C(\C=C(/C)F)c1cc(NCCc2c[nH]c3cccnc23)n2nccc2n1. The Bertz CT molecular complexity index is 1230. The van der Waals surface area contributed by atoms with Crippen LogP contribution in [0.1, 0.15) is 18.2 Å². The minimum atomic E-state index is -0.337. The van der Waals surface area contributed by atoms with Crippen molar-refractivity contribution in [2.24, 2.45) is 4.99 Å². The molecule has 2 N–H and O–H groups in total. The van der Waals surface area contributed by atoms with Crippen LogP contribution < -0.4 is 5.32 Å². The maximum Gasteiger partial charge on any atom is 0.157 e. The first-order valence-corrected chi connectivity index (χ1v) is 9.15. The molecule has 4 rings (SSSR count). The highest BCUT2D eigenvalue weighted by Gasteiger charge is 2.10. The molecule has 29 heavy (non-hydrogen) atoms. The lowest BCUT2D eigenvalue weighted by Crippen LogP contribution is -2.10. The van der Waals surface area contributed by atoms with E-state index < -0.39 is 0 Å². The number of pyridine rings is 1. The van der Waals surface area contributed by atoms with Gasteiger partial charge in [-0.3, -0.25) is 9.98 Å². The van der Waals surface area contributed by atoms with Crippen LogP contribution >= 0.6 is 0 Å². The van der Waals surface area contributed by atoms with Gasteiger partial charge in [-0.15, -0.1) is 0 Å². The number of fused-ring (bicyclic) bond motifs is 2. The molecule has 0 aliphatic rings. The van der Waals surface area contributed by atoms with Crippen molar-refractivity contribution in [3.05, 3.63) is 72.2 Å². The zero-order chi connectivity index (χ0) is 20.2. The topological polar surface area (TPSA) is 83.3 Å². The van der Waals surface area contributed by atoms with Crippen molar-refractivity contribution < 1.29 is 4.39 Å². The Labute approximate surface area is 166 Å². The molecule has 146 valence electrons. The lowest BCUT2D eigenvalue weighted by Gasteiger charge is -2.11. The van der Waals surface area contributed by atoms with Gasteiger partial charge in [-0.05, 0) is 43.8 Å². The fraction of sp³-hybridized carbons (Fsp3) is 0.143. The van der Waals surface area contributed by atoms with Crippen LogP contribution in [0, 0.1) is 0 Å². The number of aromatic amines is 1. The molecule has 0 unspecified atom stereocenters. The van der Waals surface area contributed by atoms with E-state index in [2.05, 4.69) is 37.1 Å². The molecule has 0 aliphatic carbocycles. The summed E-state index contributed by atoms with van der Waals surface area (Å²) in [7, 11) is 0. The summed E-state index contributed by atoms with van der Waals surface area (Å²) in [6.45, 7) is 5.51. The summed E-state index contributed by atoms with van der Waals surface area (Å²) in [4.78, 5) is 16.0.